The van der Waals surface area contributed by atoms with E-state index < -0.39 is 96.5 Å². The number of rotatable bonds is 19. The minimum Gasteiger partial charge on any atom is -0.480 e. The standard InChI is InChI=1S/C36H49N5O12/c1-20(33(47)41-26(32(37)46)15-16-28(44)38-21(2)35(49)50)39-34(48)22(3)52-30-29(45)27(18-42)53-36(31(30)40-23(4)43,17-24-11-7-5-8-12-24)51-19-25-13-9-6-10-14-25/h5-14,20-22,26-27,29-31,42,45H,15-19H2,1-4H3,(H2,37,46)(H,38,44)(H,39,48)(H,40,43)(H,41,47)(H,49,50)/t20?,21?,22?,26?,27-,29-,30+,31-,36+/m1/s1. The van der Waals surface area contributed by atoms with Crippen LogP contribution in [-0.4, -0.2) is 112 Å². The first kappa shape index (κ1) is 42.5. The number of hydrogen-bond acceptors (Lipinski definition) is 11. The van der Waals surface area contributed by atoms with Gasteiger partial charge in [-0.1, -0.05) is 60.7 Å². The van der Waals surface area contributed by atoms with Crippen LogP contribution in [0.25, 0.3) is 0 Å². The second-order valence-electron chi connectivity index (χ2n) is 12.9. The van der Waals surface area contributed by atoms with Crippen LogP contribution in [0.5, 0.6) is 0 Å². The van der Waals surface area contributed by atoms with Gasteiger partial charge < -0.3 is 56.5 Å². The molecule has 53 heavy (non-hydrogen) atoms. The van der Waals surface area contributed by atoms with Gasteiger partial charge in [0.2, 0.25) is 29.5 Å². The summed E-state index contributed by atoms with van der Waals surface area (Å²) in [6.07, 6.45) is -6.12. The molecule has 0 bridgehead atoms. The van der Waals surface area contributed by atoms with Crippen molar-refractivity contribution in [3.8, 4) is 0 Å². The number of aliphatic carboxylic acids is 1. The van der Waals surface area contributed by atoms with Gasteiger partial charge in [-0.15, -0.1) is 0 Å². The molecule has 1 aliphatic heterocycles. The first-order valence-corrected chi connectivity index (χ1v) is 17.1. The SMILES string of the molecule is CC(=O)N[C@@H]1[C@@H](OC(C)C(=O)NC(C)C(=O)NC(CCC(=O)NC(C)C(=O)O)C(N)=O)[C@H](O)[C@@H](CO)O[C@]1(Cc1ccccc1)OCc1ccccc1. The van der Waals surface area contributed by atoms with Crippen molar-refractivity contribution in [3.63, 3.8) is 0 Å². The number of aliphatic hydroxyl groups is 2. The molecule has 0 spiro atoms. The molecule has 290 valence electrons. The van der Waals surface area contributed by atoms with Crippen LogP contribution in [-0.2, 0) is 56.0 Å². The van der Waals surface area contributed by atoms with E-state index in [-0.39, 0.29) is 25.9 Å². The van der Waals surface area contributed by atoms with E-state index in [1.807, 2.05) is 48.5 Å². The minimum atomic E-state index is -1.73. The van der Waals surface area contributed by atoms with Gasteiger partial charge in [-0.05, 0) is 38.3 Å². The Balaban J connectivity index is 1.80. The largest absolute Gasteiger partial charge is 0.480 e. The number of hydrogen-bond donors (Lipinski definition) is 8. The lowest BCUT2D eigenvalue weighted by Crippen LogP contribution is -2.72. The molecule has 0 aromatic heterocycles. The highest BCUT2D eigenvalue weighted by Gasteiger charge is 2.57. The predicted molar refractivity (Wildman–Crippen MR) is 187 cm³/mol. The van der Waals surface area contributed by atoms with Gasteiger partial charge in [0.1, 0.15) is 48.6 Å². The van der Waals surface area contributed by atoms with Crippen LogP contribution in [0.1, 0.15) is 51.7 Å². The molecule has 2 aromatic rings. The lowest BCUT2D eigenvalue weighted by molar-refractivity contribution is -0.344. The van der Waals surface area contributed by atoms with E-state index in [0.29, 0.717) is 0 Å². The topological polar surface area (TPSA) is 265 Å². The highest BCUT2D eigenvalue weighted by atomic mass is 16.7. The van der Waals surface area contributed by atoms with Gasteiger partial charge in [0.25, 0.3) is 0 Å². The average molecular weight is 744 g/mol. The molecule has 0 radical (unpaired) electrons. The fourth-order valence-corrected chi connectivity index (χ4v) is 5.69. The molecule has 2 aromatic carbocycles. The summed E-state index contributed by atoms with van der Waals surface area (Å²) in [5.74, 6) is -6.79. The van der Waals surface area contributed by atoms with Crippen molar-refractivity contribution in [3.05, 3.63) is 71.8 Å². The molecule has 17 nitrogen and oxygen atoms in total. The number of nitrogens with one attached hydrogen (secondary N) is 4. The normalized spacial score (nSPS) is 23.4. The van der Waals surface area contributed by atoms with Crippen molar-refractivity contribution in [2.75, 3.05) is 6.61 Å². The van der Waals surface area contributed by atoms with E-state index >= 15 is 0 Å². The quantitative estimate of drug-likeness (QED) is 0.0863. The maximum absolute atomic E-state index is 13.4. The molecule has 0 saturated carbocycles. The second-order valence-corrected chi connectivity index (χ2v) is 12.9. The Hall–Kier alpha value is -4.94. The Bertz CT molecular complexity index is 1560. The Morgan fingerprint density at radius 2 is 1.49 bits per heavy atom. The Morgan fingerprint density at radius 1 is 0.887 bits per heavy atom. The summed E-state index contributed by atoms with van der Waals surface area (Å²) >= 11 is 0. The van der Waals surface area contributed by atoms with E-state index in [1.165, 1.54) is 27.7 Å². The Labute approximate surface area is 306 Å². The smallest absolute Gasteiger partial charge is 0.325 e. The molecule has 5 amide bonds. The van der Waals surface area contributed by atoms with Crippen LogP contribution in [0.4, 0.5) is 0 Å². The number of primary amides is 1. The summed E-state index contributed by atoms with van der Waals surface area (Å²) in [5, 5.41) is 40.5. The van der Waals surface area contributed by atoms with E-state index in [0.717, 1.165) is 11.1 Å². The summed E-state index contributed by atoms with van der Waals surface area (Å²) in [4.78, 5) is 74.1. The van der Waals surface area contributed by atoms with Gasteiger partial charge in [-0.3, -0.25) is 28.8 Å². The van der Waals surface area contributed by atoms with E-state index in [2.05, 4.69) is 21.3 Å². The highest BCUT2D eigenvalue weighted by molar-refractivity contribution is 5.92. The Kier molecular flexibility index (Phi) is 15.8. The number of carboxylic acids is 1. The van der Waals surface area contributed by atoms with Crippen LogP contribution >= 0.6 is 0 Å². The zero-order chi connectivity index (χ0) is 39.3. The summed E-state index contributed by atoms with van der Waals surface area (Å²) in [6.45, 7) is 4.53. The maximum atomic E-state index is 13.4. The second kappa shape index (κ2) is 19.8. The fraction of sp³-hybridized carbons (Fsp3) is 0.500. The lowest BCUT2D eigenvalue weighted by atomic mass is 9.85. The van der Waals surface area contributed by atoms with Crippen molar-refractivity contribution in [2.24, 2.45) is 5.73 Å². The molecular formula is C36H49N5O12. The van der Waals surface area contributed by atoms with E-state index in [4.69, 9.17) is 25.1 Å². The van der Waals surface area contributed by atoms with Crippen molar-refractivity contribution in [1.29, 1.82) is 0 Å². The van der Waals surface area contributed by atoms with Crippen LogP contribution in [0.15, 0.2) is 60.7 Å². The molecule has 9 atom stereocenters. The van der Waals surface area contributed by atoms with Gasteiger partial charge in [0.05, 0.1) is 13.2 Å². The Morgan fingerprint density at radius 3 is 2.04 bits per heavy atom. The molecule has 0 aliphatic carbocycles. The molecule has 3 rings (SSSR count). The zero-order valence-corrected chi connectivity index (χ0v) is 30.0. The third-order valence-electron chi connectivity index (χ3n) is 8.58. The number of carboxylic acid groups (broad SMARTS) is 1. The van der Waals surface area contributed by atoms with Crippen molar-refractivity contribution in [2.45, 2.75) is 108 Å². The number of aliphatic hydroxyl groups excluding tert-OH is 2. The van der Waals surface area contributed by atoms with Crippen molar-refractivity contribution >= 4 is 35.5 Å². The van der Waals surface area contributed by atoms with E-state index in [1.54, 1.807) is 12.1 Å². The molecular weight excluding hydrogens is 694 g/mol. The number of nitrogens with two attached hydrogens (primary N) is 1. The van der Waals surface area contributed by atoms with Gasteiger partial charge >= 0.3 is 5.97 Å². The van der Waals surface area contributed by atoms with Crippen LogP contribution < -0.4 is 27.0 Å². The van der Waals surface area contributed by atoms with Crippen molar-refractivity contribution in [1.82, 2.24) is 21.3 Å². The number of amides is 5. The van der Waals surface area contributed by atoms with Crippen LogP contribution in [0.3, 0.4) is 0 Å². The zero-order valence-electron chi connectivity index (χ0n) is 30.0. The first-order valence-electron chi connectivity index (χ1n) is 17.1. The van der Waals surface area contributed by atoms with Gasteiger partial charge in [0, 0.05) is 19.8 Å². The number of carbonyl (C=O) groups is 6. The summed E-state index contributed by atoms with van der Waals surface area (Å²) in [5.41, 5.74) is 6.91. The monoisotopic (exact) mass is 743 g/mol. The number of carbonyl (C=O) groups excluding carboxylic acids is 5. The summed E-state index contributed by atoms with van der Waals surface area (Å²) in [6, 6.07) is 13.2. The van der Waals surface area contributed by atoms with E-state index in [9.17, 15) is 39.0 Å². The summed E-state index contributed by atoms with van der Waals surface area (Å²) < 4.78 is 18.9. The maximum Gasteiger partial charge on any atom is 0.325 e. The third-order valence-corrected chi connectivity index (χ3v) is 8.58. The first-order chi connectivity index (χ1) is 25.1. The molecule has 1 saturated heterocycles. The van der Waals surface area contributed by atoms with Crippen LogP contribution in [0, 0.1) is 0 Å². The molecule has 9 N–H and O–H groups in total. The fourth-order valence-electron chi connectivity index (χ4n) is 5.69. The lowest BCUT2D eigenvalue weighted by Gasteiger charge is -2.52. The highest BCUT2D eigenvalue weighted by Crippen LogP contribution is 2.37. The average Bonchev–Trinajstić information content (AvgIpc) is 3.12. The molecule has 4 unspecified atom stereocenters. The van der Waals surface area contributed by atoms with Gasteiger partial charge in [-0.2, -0.15) is 0 Å². The van der Waals surface area contributed by atoms with Crippen molar-refractivity contribution < 1.29 is 58.3 Å². The number of ether oxygens (including phenoxy) is 3. The molecule has 1 heterocycles. The molecule has 1 aliphatic rings. The molecule has 1 fully saturated rings. The summed E-state index contributed by atoms with van der Waals surface area (Å²) in [7, 11) is 0. The third kappa shape index (κ3) is 12.3. The minimum absolute atomic E-state index is 0.00577. The van der Waals surface area contributed by atoms with Gasteiger partial charge in [0.15, 0.2) is 5.79 Å². The predicted octanol–water partition coefficient (Wildman–Crippen LogP) is -0.983. The number of benzene rings is 2. The molecule has 17 heteroatoms. The van der Waals surface area contributed by atoms with Gasteiger partial charge in [-0.25, -0.2) is 0 Å². The van der Waals surface area contributed by atoms with Crippen LogP contribution in [0.2, 0.25) is 0 Å².